The lowest BCUT2D eigenvalue weighted by molar-refractivity contribution is -0.149. The van der Waals surface area contributed by atoms with Crippen molar-refractivity contribution in [2.24, 2.45) is 0 Å². The van der Waals surface area contributed by atoms with Gasteiger partial charge in [0, 0.05) is 12.0 Å². The third-order valence-electron chi connectivity index (χ3n) is 2.80. The summed E-state index contributed by atoms with van der Waals surface area (Å²) in [5.41, 5.74) is 1.67. The molecule has 1 heterocycles. The highest BCUT2D eigenvalue weighted by atomic mass is 16.6. The lowest BCUT2D eigenvalue weighted by atomic mass is 9.96. The minimum absolute atomic E-state index is 0.0468. The van der Waals surface area contributed by atoms with Crippen LogP contribution in [0.1, 0.15) is 25.8 Å². The predicted molar refractivity (Wildman–Crippen MR) is 70.8 cm³/mol. The summed E-state index contributed by atoms with van der Waals surface area (Å²) in [7, 11) is 0. The first kappa shape index (κ1) is 13.3. The Balaban J connectivity index is 2.33. The Hall–Kier alpha value is -2.10. The van der Waals surface area contributed by atoms with Crippen molar-refractivity contribution < 1.29 is 19.1 Å². The lowest BCUT2D eigenvalue weighted by Gasteiger charge is -2.23. The van der Waals surface area contributed by atoms with Gasteiger partial charge >= 0.3 is 5.97 Å². The van der Waals surface area contributed by atoms with E-state index in [1.54, 1.807) is 19.1 Å². The number of ketones is 1. The lowest BCUT2D eigenvalue weighted by Crippen LogP contribution is -2.30. The quantitative estimate of drug-likeness (QED) is 0.780. The van der Waals surface area contributed by atoms with Crippen LogP contribution < -0.4 is 4.74 Å². The van der Waals surface area contributed by atoms with E-state index in [0.717, 1.165) is 11.1 Å². The van der Waals surface area contributed by atoms with Gasteiger partial charge in [-0.2, -0.15) is 0 Å². The van der Waals surface area contributed by atoms with Gasteiger partial charge in [0.2, 0.25) is 6.10 Å². The number of carbonyl (C=O) groups is 2. The van der Waals surface area contributed by atoms with E-state index in [0.29, 0.717) is 12.4 Å². The SMILES string of the molecule is CCOC(=O)C1C=C(CC(C)=O)c2ccccc2O1. The van der Waals surface area contributed by atoms with Gasteiger partial charge in [-0.1, -0.05) is 18.2 Å². The zero-order valence-corrected chi connectivity index (χ0v) is 11.0. The molecule has 2 rings (SSSR count). The van der Waals surface area contributed by atoms with E-state index < -0.39 is 12.1 Å². The highest BCUT2D eigenvalue weighted by molar-refractivity contribution is 5.92. The summed E-state index contributed by atoms with van der Waals surface area (Å²) in [6.45, 7) is 3.57. The second-order valence-electron chi connectivity index (χ2n) is 4.36. The van der Waals surface area contributed by atoms with Gasteiger partial charge in [0.25, 0.3) is 0 Å². The van der Waals surface area contributed by atoms with Crippen molar-refractivity contribution in [2.45, 2.75) is 26.4 Å². The van der Waals surface area contributed by atoms with Crippen LogP contribution in [0.15, 0.2) is 30.3 Å². The monoisotopic (exact) mass is 260 g/mol. The van der Waals surface area contributed by atoms with Crippen molar-refractivity contribution >= 4 is 17.3 Å². The molecular weight excluding hydrogens is 244 g/mol. The summed E-state index contributed by atoms with van der Waals surface area (Å²) in [5, 5.41) is 0. The molecule has 0 aromatic heterocycles. The first-order valence-corrected chi connectivity index (χ1v) is 6.24. The Morgan fingerprint density at radius 3 is 2.74 bits per heavy atom. The van der Waals surface area contributed by atoms with Crippen LogP contribution in [0.4, 0.5) is 0 Å². The molecule has 100 valence electrons. The minimum Gasteiger partial charge on any atom is -0.474 e. The van der Waals surface area contributed by atoms with Crippen LogP contribution in [-0.4, -0.2) is 24.5 Å². The standard InChI is InChI=1S/C15H16O4/c1-3-18-15(17)14-9-11(8-10(2)16)12-6-4-5-7-13(12)19-14/h4-7,9,14H,3,8H2,1-2H3. The molecule has 19 heavy (non-hydrogen) atoms. The molecule has 1 unspecified atom stereocenters. The predicted octanol–water partition coefficient (Wildman–Crippen LogP) is 2.37. The molecule has 1 aliphatic rings. The van der Waals surface area contributed by atoms with E-state index in [2.05, 4.69) is 0 Å². The molecule has 1 atom stereocenters. The average Bonchev–Trinajstić information content (AvgIpc) is 2.38. The molecule has 0 bridgehead atoms. The van der Waals surface area contributed by atoms with E-state index in [1.165, 1.54) is 6.92 Å². The molecule has 0 amide bonds. The van der Waals surface area contributed by atoms with Gasteiger partial charge in [0.1, 0.15) is 11.5 Å². The number of hydrogen-bond acceptors (Lipinski definition) is 4. The van der Waals surface area contributed by atoms with Crippen molar-refractivity contribution in [3.8, 4) is 5.75 Å². The molecule has 0 radical (unpaired) electrons. The molecule has 1 aliphatic heterocycles. The number of benzene rings is 1. The Kier molecular flexibility index (Phi) is 4.00. The number of para-hydroxylation sites is 1. The van der Waals surface area contributed by atoms with E-state index >= 15 is 0 Å². The highest BCUT2D eigenvalue weighted by Crippen LogP contribution is 2.33. The molecular formula is C15H16O4. The van der Waals surface area contributed by atoms with E-state index in [1.807, 2.05) is 18.2 Å². The number of carbonyl (C=O) groups excluding carboxylic acids is 2. The normalized spacial score (nSPS) is 16.9. The summed E-state index contributed by atoms with van der Waals surface area (Å²) in [4.78, 5) is 23.1. The van der Waals surface area contributed by atoms with Gasteiger partial charge in [-0.3, -0.25) is 4.79 Å². The van der Waals surface area contributed by atoms with Crippen molar-refractivity contribution in [3.63, 3.8) is 0 Å². The second-order valence-corrected chi connectivity index (χ2v) is 4.36. The number of ether oxygens (including phenoxy) is 2. The maximum atomic E-state index is 11.8. The average molecular weight is 260 g/mol. The van der Waals surface area contributed by atoms with Crippen molar-refractivity contribution in [1.82, 2.24) is 0 Å². The fourth-order valence-corrected chi connectivity index (χ4v) is 2.04. The summed E-state index contributed by atoms with van der Waals surface area (Å²) in [6.07, 6.45) is 1.18. The van der Waals surface area contributed by atoms with Gasteiger partial charge < -0.3 is 9.47 Å². The Morgan fingerprint density at radius 2 is 2.05 bits per heavy atom. The van der Waals surface area contributed by atoms with E-state index in [9.17, 15) is 9.59 Å². The number of allylic oxidation sites excluding steroid dienone is 1. The molecule has 0 aliphatic carbocycles. The van der Waals surface area contributed by atoms with Crippen LogP contribution in [0, 0.1) is 0 Å². The minimum atomic E-state index is -0.774. The van der Waals surface area contributed by atoms with Gasteiger partial charge in [-0.25, -0.2) is 4.79 Å². The van der Waals surface area contributed by atoms with Crippen LogP contribution in [0.25, 0.3) is 5.57 Å². The van der Waals surface area contributed by atoms with Crippen molar-refractivity contribution in [1.29, 1.82) is 0 Å². The Bertz CT molecular complexity index is 531. The first-order valence-electron chi connectivity index (χ1n) is 6.24. The third-order valence-corrected chi connectivity index (χ3v) is 2.80. The zero-order chi connectivity index (χ0) is 13.8. The Labute approximate surface area is 112 Å². The first-order chi connectivity index (χ1) is 9.11. The molecule has 0 fully saturated rings. The smallest absolute Gasteiger partial charge is 0.351 e. The summed E-state index contributed by atoms with van der Waals surface area (Å²) in [6, 6.07) is 7.37. The number of fused-ring (bicyclic) bond motifs is 1. The van der Waals surface area contributed by atoms with Crippen molar-refractivity contribution in [3.05, 3.63) is 35.9 Å². The van der Waals surface area contributed by atoms with E-state index in [-0.39, 0.29) is 12.2 Å². The molecule has 1 aromatic rings. The summed E-state index contributed by atoms with van der Waals surface area (Å²) in [5.74, 6) is 0.225. The summed E-state index contributed by atoms with van der Waals surface area (Å²) >= 11 is 0. The highest BCUT2D eigenvalue weighted by Gasteiger charge is 2.27. The maximum absolute atomic E-state index is 11.8. The van der Waals surface area contributed by atoms with Gasteiger partial charge in [-0.05, 0) is 31.6 Å². The van der Waals surface area contributed by atoms with Crippen LogP contribution in [0.3, 0.4) is 0 Å². The second kappa shape index (κ2) is 5.69. The maximum Gasteiger partial charge on any atom is 0.351 e. The largest absolute Gasteiger partial charge is 0.474 e. The van der Waals surface area contributed by atoms with Crippen LogP contribution in [0.5, 0.6) is 5.75 Å². The number of hydrogen-bond donors (Lipinski definition) is 0. The fraction of sp³-hybridized carbons (Fsp3) is 0.333. The molecule has 0 spiro atoms. The van der Waals surface area contributed by atoms with Crippen LogP contribution in [-0.2, 0) is 14.3 Å². The molecule has 0 saturated heterocycles. The third kappa shape index (κ3) is 3.02. The number of rotatable bonds is 4. The molecule has 0 saturated carbocycles. The molecule has 4 nitrogen and oxygen atoms in total. The van der Waals surface area contributed by atoms with Gasteiger partial charge in [0.05, 0.1) is 6.61 Å². The van der Waals surface area contributed by atoms with Crippen molar-refractivity contribution in [2.75, 3.05) is 6.61 Å². The Morgan fingerprint density at radius 1 is 1.32 bits per heavy atom. The summed E-state index contributed by atoms with van der Waals surface area (Å²) < 4.78 is 10.6. The zero-order valence-electron chi connectivity index (χ0n) is 11.0. The van der Waals surface area contributed by atoms with Crippen LogP contribution in [0.2, 0.25) is 0 Å². The van der Waals surface area contributed by atoms with E-state index in [4.69, 9.17) is 9.47 Å². The van der Waals surface area contributed by atoms with Gasteiger partial charge in [0.15, 0.2) is 0 Å². The van der Waals surface area contributed by atoms with Gasteiger partial charge in [-0.15, -0.1) is 0 Å². The topological polar surface area (TPSA) is 52.6 Å². The number of Topliss-reactive ketones (excluding diaryl/α,β-unsaturated/α-hetero) is 1. The fourth-order valence-electron chi connectivity index (χ4n) is 2.04. The molecule has 1 aromatic carbocycles. The number of esters is 1. The molecule has 0 N–H and O–H groups in total. The molecule has 4 heteroatoms. The van der Waals surface area contributed by atoms with Crippen LogP contribution >= 0.6 is 0 Å².